The van der Waals surface area contributed by atoms with Crippen LogP contribution in [-0.4, -0.2) is 28.7 Å². The largest absolute Gasteiger partial charge is 0.493 e. The molecule has 3 aromatic rings. The lowest BCUT2D eigenvalue weighted by molar-refractivity contribution is -0.113. The molecule has 0 atom stereocenters. The maximum absolute atomic E-state index is 12.1. The van der Waals surface area contributed by atoms with Gasteiger partial charge in [0.25, 0.3) is 0 Å². The van der Waals surface area contributed by atoms with E-state index in [1.807, 2.05) is 37.3 Å². The number of anilines is 1. The zero-order chi connectivity index (χ0) is 19.8. The number of amides is 1. The molecule has 0 unspecified atom stereocenters. The molecule has 1 N–H and O–H groups in total. The van der Waals surface area contributed by atoms with Gasteiger partial charge in [0.1, 0.15) is 0 Å². The predicted molar refractivity (Wildman–Crippen MR) is 111 cm³/mol. The molecule has 0 bridgehead atoms. The Bertz CT molecular complexity index is 918. The molecule has 1 aromatic carbocycles. The Morgan fingerprint density at radius 1 is 1.14 bits per heavy atom. The van der Waals surface area contributed by atoms with Crippen LogP contribution in [0.15, 0.2) is 61.1 Å². The van der Waals surface area contributed by atoms with Crippen LogP contribution in [0.25, 0.3) is 0 Å². The molecule has 28 heavy (non-hydrogen) atoms. The molecule has 0 radical (unpaired) electrons. The monoisotopic (exact) mass is 395 g/mol. The summed E-state index contributed by atoms with van der Waals surface area (Å²) in [5.41, 5.74) is 2.79. The number of hydrogen-bond donors (Lipinski definition) is 1. The number of nitrogens with zero attached hydrogens (tertiary/aromatic N) is 2. The molecule has 1 amide bonds. The van der Waals surface area contributed by atoms with Crippen molar-refractivity contribution in [3.63, 3.8) is 0 Å². The van der Waals surface area contributed by atoms with E-state index in [0.29, 0.717) is 28.8 Å². The van der Waals surface area contributed by atoms with Gasteiger partial charge in [0.2, 0.25) is 11.8 Å². The molecule has 0 aliphatic carbocycles. The van der Waals surface area contributed by atoms with E-state index in [4.69, 9.17) is 9.47 Å². The van der Waals surface area contributed by atoms with Crippen molar-refractivity contribution in [1.82, 2.24) is 9.97 Å². The lowest BCUT2D eigenvalue weighted by Gasteiger charge is -2.11. The van der Waals surface area contributed by atoms with Crippen LogP contribution in [-0.2, 0) is 10.5 Å². The van der Waals surface area contributed by atoms with Gasteiger partial charge in [-0.05, 0) is 42.3 Å². The first-order valence-corrected chi connectivity index (χ1v) is 9.84. The van der Waals surface area contributed by atoms with Crippen LogP contribution >= 0.6 is 11.8 Å². The first-order valence-electron chi connectivity index (χ1n) is 8.69. The van der Waals surface area contributed by atoms with Gasteiger partial charge in [-0.25, -0.2) is 4.98 Å². The summed E-state index contributed by atoms with van der Waals surface area (Å²) in [5, 5.41) is 2.83. The van der Waals surface area contributed by atoms with Crippen LogP contribution in [0.3, 0.4) is 0 Å². The molecule has 2 aromatic heterocycles. The SMILES string of the molecule is COc1cc(C)ccc1Oc1ccc(NC(=O)CSCc2cccnc2)cn1. The molecule has 144 valence electrons. The number of rotatable bonds is 8. The highest BCUT2D eigenvalue weighted by atomic mass is 32.2. The Kier molecular flexibility index (Phi) is 6.86. The molecule has 0 saturated carbocycles. The Balaban J connectivity index is 1.50. The van der Waals surface area contributed by atoms with Crippen molar-refractivity contribution >= 4 is 23.4 Å². The smallest absolute Gasteiger partial charge is 0.234 e. The van der Waals surface area contributed by atoms with Gasteiger partial charge >= 0.3 is 0 Å². The summed E-state index contributed by atoms with van der Waals surface area (Å²) in [7, 11) is 1.60. The number of pyridine rings is 2. The van der Waals surface area contributed by atoms with E-state index in [1.165, 1.54) is 11.8 Å². The minimum absolute atomic E-state index is 0.0791. The summed E-state index contributed by atoms with van der Waals surface area (Å²) in [6, 6.07) is 13.0. The van der Waals surface area contributed by atoms with Crippen LogP contribution < -0.4 is 14.8 Å². The number of methoxy groups -OCH3 is 1. The maximum Gasteiger partial charge on any atom is 0.234 e. The first-order chi connectivity index (χ1) is 13.6. The summed E-state index contributed by atoms with van der Waals surface area (Å²) < 4.78 is 11.1. The third-order valence-electron chi connectivity index (χ3n) is 3.78. The third-order valence-corrected chi connectivity index (χ3v) is 4.78. The normalized spacial score (nSPS) is 10.4. The van der Waals surface area contributed by atoms with E-state index in [0.717, 1.165) is 16.9 Å². The molecule has 6 nitrogen and oxygen atoms in total. The molecule has 3 rings (SSSR count). The van der Waals surface area contributed by atoms with Crippen LogP contribution in [0.5, 0.6) is 17.4 Å². The number of thioether (sulfide) groups is 1. The number of nitrogens with one attached hydrogen (secondary N) is 1. The van der Waals surface area contributed by atoms with Gasteiger partial charge < -0.3 is 14.8 Å². The van der Waals surface area contributed by atoms with E-state index < -0.39 is 0 Å². The summed E-state index contributed by atoms with van der Waals surface area (Å²) in [6.07, 6.45) is 5.10. The number of aryl methyl sites for hydroxylation is 1. The summed E-state index contributed by atoms with van der Waals surface area (Å²) >= 11 is 1.53. The first kappa shape index (κ1) is 19.7. The maximum atomic E-state index is 12.1. The highest BCUT2D eigenvalue weighted by molar-refractivity contribution is 7.99. The molecular weight excluding hydrogens is 374 g/mol. The fourth-order valence-corrected chi connectivity index (χ4v) is 3.19. The van der Waals surface area contributed by atoms with Gasteiger partial charge in [-0.3, -0.25) is 9.78 Å². The van der Waals surface area contributed by atoms with Crippen molar-refractivity contribution < 1.29 is 14.3 Å². The Morgan fingerprint density at radius 3 is 2.75 bits per heavy atom. The van der Waals surface area contributed by atoms with Crippen LogP contribution in [0, 0.1) is 6.92 Å². The summed E-state index contributed by atoms with van der Waals surface area (Å²) in [6.45, 7) is 1.98. The molecule has 0 saturated heterocycles. The van der Waals surface area contributed by atoms with Crippen LogP contribution in [0.1, 0.15) is 11.1 Å². The third kappa shape index (κ3) is 5.72. The summed E-state index contributed by atoms with van der Waals surface area (Å²) in [4.78, 5) is 20.4. The van der Waals surface area contributed by atoms with E-state index in [2.05, 4.69) is 15.3 Å². The average Bonchev–Trinajstić information content (AvgIpc) is 2.71. The van der Waals surface area contributed by atoms with Crippen molar-refractivity contribution in [2.75, 3.05) is 18.2 Å². The lowest BCUT2D eigenvalue weighted by Crippen LogP contribution is -2.14. The molecule has 0 aliphatic heterocycles. The number of carbonyl (C=O) groups is 1. The van der Waals surface area contributed by atoms with E-state index in [1.54, 1.807) is 37.8 Å². The second-order valence-electron chi connectivity index (χ2n) is 6.04. The second kappa shape index (κ2) is 9.75. The molecule has 0 spiro atoms. The zero-order valence-electron chi connectivity index (χ0n) is 15.7. The predicted octanol–water partition coefficient (Wildman–Crippen LogP) is 4.46. The van der Waals surface area contributed by atoms with Gasteiger partial charge in [0, 0.05) is 24.2 Å². The number of hydrogen-bond acceptors (Lipinski definition) is 6. The Labute approximate surface area is 168 Å². The van der Waals surface area contributed by atoms with Crippen molar-refractivity contribution in [3.8, 4) is 17.4 Å². The quantitative estimate of drug-likeness (QED) is 0.607. The minimum Gasteiger partial charge on any atom is -0.493 e. The molecule has 2 heterocycles. The molecule has 0 fully saturated rings. The summed E-state index contributed by atoms with van der Waals surface area (Å²) in [5.74, 6) is 2.67. The zero-order valence-corrected chi connectivity index (χ0v) is 16.5. The number of ether oxygens (including phenoxy) is 2. The second-order valence-corrected chi connectivity index (χ2v) is 7.03. The Hall–Kier alpha value is -3.06. The number of aromatic nitrogens is 2. The van der Waals surface area contributed by atoms with E-state index in [-0.39, 0.29) is 5.91 Å². The standard InChI is InChI=1S/C21H21N3O3S/c1-15-5-7-18(19(10-15)26-2)27-21-8-6-17(12-23-21)24-20(25)14-28-13-16-4-3-9-22-11-16/h3-12H,13-14H2,1-2H3,(H,24,25). The lowest BCUT2D eigenvalue weighted by atomic mass is 10.2. The molecule has 7 heteroatoms. The highest BCUT2D eigenvalue weighted by Crippen LogP contribution is 2.31. The van der Waals surface area contributed by atoms with Crippen molar-refractivity contribution in [2.45, 2.75) is 12.7 Å². The highest BCUT2D eigenvalue weighted by Gasteiger charge is 2.08. The van der Waals surface area contributed by atoms with Crippen molar-refractivity contribution in [1.29, 1.82) is 0 Å². The number of benzene rings is 1. The van der Waals surface area contributed by atoms with E-state index >= 15 is 0 Å². The fraction of sp³-hybridized carbons (Fsp3) is 0.190. The van der Waals surface area contributed by atoms with Crippen LogP contribution in [0.4, 0.5) is 5.69 Å². The molecular formula is C21H21N3O3S. The van der Waals surface area contributed by atoms with Gasteiger partial charge in [0.15, 0.2) is 11.5 Å². The number of carbonyl (C=O) groups excluding carboxylic acids is 1. The molecule has 0 aliphatic rings. The van der Waals surface area contributed by atoms with Gasteiger partial charge in [-0.1, -0.05) is 12.1 Å². The average molecular weight is 395 g/mol. The van der Waals surface area contributed by atoms with Gasteiger partial charge in [-0.2, -0.15) is 0 Å². The van der Waals surface area contributed by atoms with Crippen LogP contribution in [0.2, 0.25) is 0 Å². The van der Waals surface area contributed by atoms with Gasteiger partial charge in [0.05, 0.1) is 24.7 Å². The van der Waals surface area contributed by atoms with Crippen molar-refractivity contribution in [3.05, 3.63) is 72.2 Å². The Morgan fingerprint density at radius 2 is 2.04 bits per heavy atom. The van der Waals surface area contributed by atoms with Crippen molar-refractivity contribution in [2.24, 2.45) is 0 Å². The van der Waals surface area contributed by atoms with Gasteiger partial charge in [-0.15, -0.1) is 11.8 Å². The van der Waals surface area contributed by atoms with E-state index in [9.17, 15) is 4.79 Å². The fourth-order valence-electron chi connectivity index (χ4n) is 2.43. The minimum atomic E-state index is -0.0791. The topological polar surface area (TPSA) is 73.3 Å².